The molecule has 0 unspecified atom stereocenters. The maximum absolute atomic E-state index is 12.5. The van der Waals surface area contributed by atoms with Crippen molar-refractivity contribution in [1.29, 1.82) is 0 Å². The zero-order valence-corrected chi connectivity index (χ0v) is 18.4. The Hall–Kier alpha value is -2.63. The van der Waals surface area contributed by atoms with Crippen LogP contribution in [0.3, 0.4) is 0 Å². The van der Waals surface area contributed by atoms with Crippen molar-refractivity contribution in [3.8, 4) is 5.75 Å². The fourth-order valence-corrected chi connectivity index (χ4v) is 3.27. The lowest BCUT2D eigenvalue weighted by Crippen LogP contribution is -2.28. The number of carbonyl (C=O) groups excluding carboxylic acids is 2. The Balaban J connectivity index is 2.20. The molecule has 0 radical (unpaired) electrons. The smallest absolute Gasteiger partial charge is 0.412 e. The Morgan fingerprint density at radius 3 is 2.60 bits per heavy atom. The number of methoxy groups -OCH3 is 1. The average molecular weight is 526 g/mol. The van der Waals surface area contributed by atoms with E-state index < -0.39 is 24.2 Å². The van der Waals surface area contributed by atoms with Gasteiger partial charge >= 0.3 is 6.09 Å². The van der Waals surface area contributed by atoms with Gasteiger partial charge in [0.05, 0.1) is 6.10 Å². The van der Waals surface area contributed by atoms with Crippen LogP contribution in [0.2, 0.25) is 0 Å². The van der Waals surface area contributed by atoms with Crippen LogP contribution >= 0.6 is 22.6 Å². The first kappa shape index (κ1) is 23.6. The monoisotopic (exact) mass is 526 g/mol. The standard InChI is InChI=1S/C21H23IN2O6/c1-29-18(9-5-6-10-19(26)24-28)20(16-13-14(22)11-12-17(16)25)30-21(27)23-15-7-3-2-4-8-15/h2-4,6-8,10-13,18,20,25,28H,5,9H2,1H3,(H,23,27)(H,24,26)/b10-6+/t18-,20-/m0/s1. The number of allylic oxidation sites excluding steroid dienone is 1. The predicted molar refractivity (Wildman–Crippen MR) is 119 cm³/mol. The number of para-hydroxylation sites is 1. The number of benzene rings is 2. The summed E-state index contributed by atoms with van der Waals surface area (Å²) in [6.45, 7) is 0. The Labute approximate surface area is 188 Å². The first-order valence-corrected chi connectivity index (χ1v) is 10.2. The largest absolute Gasteiger partial charge is 0.508 e. The minimum absolute atomic E-state index is 0.0230. The highest BCUT2D eigenvalue weighted by molar-refractivity contribution is 14.1. The van der Waals surface area contributed by atoms with E-state index in [9.17, 15) is 14.7 Å². The molecule has 2 amide bonds. The third kappa shape index (κ3) is 7.32. The van der Waals surface area contributed by atoms with Crippen LogP contribution in [0.4, 0.5) is 10.5 Å². The Morgan fingerprint density at radius 2 is 1.93 bits per heavy atom. The molecular weight excluding hydrogens is 503 g/mol. The number of amides is 2. The Bertz CT molecular complexity index is 875. The second kappa shape index (κ2) is 12.2. The molecule has 9 heteroatoms. The number of phenolic OH excluding ortho intramolecular Hbond substituents is 1. The van der Waals surface area contributed by atoms with Crippen molar-refractivity contribution in [2.24, 2.45) is 0 Å². The average Bonchev–Trinajstić information content (AvgIpc) is 2.75. The molecule has 0 aliphatic carbocycles. The summed E-state index contributed by atoms with van der Waals surface area (Å²) in [7, 11) is 1.48. The number of aromatic hydroxyl groups is 1. The van der Waals surface area contributed by atoms with Crippen LogP contribution in [0.1, 0.15) is 24.5 Å². The molecule has 2 rings (SSSR count). The number of halogens is 1. The topological polar surface area (TPSA) is 117 Å². The molecule has 0 aromatic heterocycles. The highest BCUT2D eigenvalue weighted by Crippen LogP contribution is 2.34. The highest BCUT2D eigenvalue weighted by Gasteiger charge is 2.29. The summed E-state index contributed by atoms with van der Waals surface area (Å²) in [6, 6.07) is 13.8. The molecule has 0 saturated carbocycles. The summed E-state index contributed by atoms with van der Waals surface area (Å²) in [6.07, 6.45) is 1.37. The second-order valence-electron chi connectivity index (χ2n) is 6.25. The van der Waals surface area contributed by atoms with Crippen molar-refractivity contribution in [2.45, 2.75) is 25.0 Å². The van der Waals surface area contributed by atoms with Crippen LogP contribution in [-0.2, 0) is 14.3 Å². The number of hydroxylamine groups is 1. The number of hydrogen-bond donors (Lipinski definition) is 4. The van der Waals surface area contributed by atoms with Gasteiger partial charge < -0.3 is 14.6 Å². The minimum atomic E-state index is -0.895. The van der Waals surface area contributed by atoms with E-state index in [0.29, 0.717) is 24.1 Å². The van der Waals surface area contributed by atoms with E-state index in [0.717, 1.165) is 3.57 Å². The molecule has 8 nitrogen and oxygen atoms in total. The van der Waals surface area contributed by atoms with E-state index in [4.69, 9.17) is 14.7 Å². The molecule has 2 aromatic rings. The van der Waals surface area contributed by atoms with E-state index in [1.807, 2.05) is 6.07 Å². The van der Waals surface area contributed by atoms with Crippen molar-refractivity contribution in [2.75, 3.05) is 12.4 Å². The first-order chi connectivity index (χ1) is 14.4. The van der Waals surface area contributed by atoms with Crippen molar-refractivity contribution >= 4 is 40.3 Å². The fourth-order valence-electron chi connectivity index (χ4n) is 2.76. The van der Waals surface area contributed by atoms with Crippen molar-refractivity contribution in [1.82, 2.24) is 5.48 Å². The lowest BCUT2D eigenvalue weighted by molar-refractivity contribution is -0.124. The third-order valence-electron chi connectivity index (χ3n) is 4.19. The van der Waals surface area contributed by atoms with Gasteiger partial charge in [-0.3, -0.25) is 15.3 Å². The van der Waals surface area contributed by atoms with Crippen LogP contribution in [0.15, 0.2) is 60.7 Å². The molecule has 0 saturated heterocycles. The van der Waals surface area contributed by atoms with Crippen LogP contribution in [-0.4, -0.2) is 35.5 Å². The number of anilines is 1. The summed E-state index contributed by atoms with van der Waals surface area (Å²) in [5.74, 6) is -0.667. The van der Waals surface area contributed by atoms with Gasteiger partial charge in [0, 0.05) is 28.0 Å². The molecule has 30 heavy (non-hydrogen) atoms. The van der Waals surface area contributed by atoms with Gasteiger partial charge in [0.1, 0.15) is 5.75 Å². The molecule has 0 heterocycles. The lowest BCUT2D eigenvalue weighted by atomic mass is 9.99. The molecule has 2 atom stereocenters. The molecule has 0 bridgehead atoms. The number of nitrogens with one attached hydrogen (secondary N) is 2. The number of carbonyl (C=O) groups is 2. The summed E-state index contributed by atoms with van der Waals surface area (Å²) in [5.41, 5.74) is 2.49. The molecule has 0 aliphatic heterocycles. The number of hydrogen-bond acceptors (Lipinski definition) is 6. The lowest BCUT2D eigenvalue weighted by Gasteiger charge is -2.27. The summed E-state index contributed by atoms with van der Waals surface area (Å²) >= 11 is 2.10. The quantitative estimate of drug-likeness (QED) is 0.169. The SMILES string of the molecule is CO[C@@H](CC/C=C/C(=O)NO)[C@@H](OC(=O)Nc1ccccc1)c1cc(I)ccc1O. The van der Waals surface area contributed by atoms with Crippen molar-refractivity contribution in [3.63, 3.8) is 0 Å². The van der Waals surface area contributed by atoms with E-state index in [1.54, 1.807) is 42.5 Å². The van der Waals surface area contributed by atoms with Gasteiger partial charge in [-0.25, -0.2) is 10.3 Å². The Morgan fingerprint density at radius 1 is 1.20 bits per heavy atom. The molecule has 4 N–H and O–H groups in total. The van der Waals surface area contributed by atoms with Gasteiger partial charge in [-0.1, -0.05) is 24.3 Å². The van der Waals surface area contributed by atoms with Crippen LogP contribution in [0.5, 0.6) is 5.75 Å². The summed E-state index contributed by atoms with van der Waals surface area (Å²) in [4.78, 5) is 23.6. The Kier molecular flexibility index (Phi) is 9.58. The fraction of sp³-hybridized carbons (Fsp3) is 0.238. The van der Waals surface area contributed by atoms with Gasteiger partial charge in [-0.15, -0.1) is 0 Å². The van der Waals surface area contributed by atoms with E-state index in [1.165, 1.54) is 24.7 Å². The second-order valence-corrected chi connectivity index (χ2v) is 7.50. The third-order valence-corrected chi connectivity index (χ3v) is 4.86. The van der Waals surface area contributed by atoms with Gasteiger partial charge in [0.15, 0.2) is 6.10 Å². The maximum Gasteiger partial charge on any atom is 0.412 e. The van der Waals surface area contributed by atoms with Crippen LogP contribution in [0.25, 0.3) is 0 Å². The molecule has 0 fully saturated rings. The van der Waals surface area contributed by atoms with Gasteiger partial charge in [0.25, 0.3) is 5.91 Å². The molecule has 0 spiro atoms. The van der Waals surface area contributed by atoms with Gasteiger partial charge in [-0.2, -0.15) is 0 Å². The number of phenols is 1. The van der Waals surface area contributed by atoms with Crippen LogP contribution < -0.4 is 10.8 Å². The van der Waals surface area contributed by atoms with E-state index in [2.05, 4.69) is 27.9 Å². The molecule has 0 aliphatic rings. The van der Waals surface area contributed by atoms with Crippen molar-refractivity contribution in [3.05, 3.63) is 69.8 Å². The first-order valence-electron chi connectivity index (χ1n) is 9.09. The maximum atomic E-state index is 12.5. The minimum Gasteiger partial charge on any atom is -0.508 e. The highest BCUT2D eigenvalue weighted by atomic mass is 127. The number of ether oxygens (including phenoxy) is 2. The van der Waals surface area contributed by atoms with Gasteiger partial charge in [-0.05, 0) is 65.8 Å². The predicted octanol–water partition coefficient (Wildman–Crippen LogP) is 4.14. The molecule has 160 valence electrons. The number of rotatable bonds is 9. The van der Waals surface area contributed by atoms with E-state index >= 15 is 0 Å². The van der Waals surface area contributed by atoms with E-state index in [-0.39, 0.29) is 5.75 Å². The van der Waals surface area contributed by atoms with Gasteiger partial charge in [0.2, 0.25) is 0 Å². The van der Waals surface area contributed by atoms with Crippen LogP contribution in [0, 0.1) is 3.57 Å². The normalized spacial score (nSPS) is 12.9. The zero-order valence-electron chi connectivity index (χ0n) is 16.2. The zero-order chi connectivity index (χ0) is 21.9. The molecular formula is C21H23IN2O6. The molecule has 2 aromatic carbocycles. The van der Waals surface area contributed by atoms with Crippen molar-refractivity contribution < 1.29 is 29.4 Å². The summed E-state index contributed by atoms with van der Waals surface area (Å²) < 4.78 is 12.0. The summed E-state index contributed by atoms with van der Waals surface area (Å²) in [5, 5.41) is 21.5.